The molecule has 1 aromatic carbocycles. The summed E-state index contributed by atoms with van der Waals surface area (Å²) in [5.74, 6) is 0.431. The SMILES string of the molecule is CC(=O)Nc1ccc(S(=O)(=O)N2CCC3CC(=O)N(CCN(C)C)CCC3C2)cc1. The number of rotatable bonds is 6. The van der Waals surface area contributed by atoms with Crippen molar-refractivity contribution in [3.63, 3.8) is 0 Å². The molecule has 0 saturated carbocycles. The van der Waals surface area contributed by atoms with E-state index < -0.39 is 10.0 Å². The lowest BCUT2D eigenvalue weighted by atomic mass is 9.83. The molecular formula is C21H32N4O4S. The van der Waals surface area contributed by atoms with Gasteiger partial charge in [0.05, 0.1) is 4.90 Å². The molecule has 2 saturated heterocycles. The van der Waals surface area contributed by atoms with Crippen LogP contribution in [0.4, 0.5) is 5.69 Å². The quantitative estimate of drug-likeness (QED) is 0.729. The fourth-order valence-corrected chi connectivity index (χ4v) is 5.79. The smallest absolute Gasteiger partial charge is 0.243 e. The maximum atomic E-state index is 13.1. The molecule has 2 unspecified atom stereocenters. The Labute approximate surface area is 179 Å². The molecular weight excluding hydrogens is 404 g/mol. The van der Waals surface area contributed by atoms with Gasteiger partial charge in [0.15, 0.2) is 0 Å². The minimum Gasteiger partial charge on any atom is -0.341 e. The van der Waals surface area contributed by atoms with Crippen LogP contribution < -0.4 is 5.32 Å². The largest absolute Gasteiger partial charge is 0.341 e. The first-order valence-electron chi connectivity index (χ1n) is 10.5. The Balaban J connectivity index is 1.67. The van der Waals surface area contributed by atoms with Crippen molar-refractivity contribution >= 4 is 27.5 Å². The Bertz CT molecular complexity index is 869. The summed E-state index contributed by atoms with van der Waals surface area (Å²) in [5, 5.41) is 2.65. The first-order valence-corrected chi connectivity index (χ1v) is 11.9. The van der Waals surface area contributed by atoms with Crippen molar-refractivity contribution < 1.29 is 18.0 Å². The third kappa shape index (κ3) is 5.39. The van der Waals surface area contributed by atoms with Gasteiger partial charge in [-0.15, -0.1) is 0 Å². The van der Waals surface area contributed by atoms with Crippen molar-refractivity contribution in [3.05, 3.63) is 24.3 Å². The molecule has 2 atom stereocenters. The van der Waals surface area contributed by atoms with Gasteiger partial charge in [0.1, 0.15) is 0 Å². The number of anilines is 1. The lowest BCUT2D eigenvalue weighted by molar-refractivity contribution is -0.131. The Hall–Kier alpha value is -1.97. The van der Waals surface area contributed by atoms with Crippen LogP contribution in [0, 0.1) is 11.8 Å². The van der Waals surface area contributed by atoms with Gasteiger partial charge < -0.3 is 15.1 Å². The van der Waals surface area contributed by atoms with Gasteiger partial charge in [-0.05, 0) is 63.0 Å². The van der Waals surface area contributed by atoms with E-state index in [1.807, 2.05) is 19.0 Å². The second-order valence-electron chi connectivity index (χ2n) is 8.55. The van der Waals surface area contributed by atoms with E-state index in [-0.39, 0.29) is 28.5 Å². The van der Waals surface area contributed by atoms with Gasteiger partial charge in [0.25, 0.3) is 0 Å². The lowest BCUT2D eigenvalue weighted by Crippen LogP contribution is -2.43. The topological polar surface area (TPSA) is 90.0 Å². The third-order valence-corrected chi connectivity index (χ3v) is 7.92. The van der Waals surface area contributed by atoms with Crippen LogP contribution in [0.15, 0.2) is 29.2 Å². The molecule has 8 nitrogen and oxygen atoms in total. The fraction of sp³-hybridized carbons (Fsp3) is 0.619. The Morgan fingerprint density at radius 3 is 2.43 bits per heavy atom. The number of nitrogens with one attached hydrogen (secondary N) is 1. The first kappa shape index (κ1) is 22.7. The van der Waals surface area contributed by atoms with Crippen molar-refractivity contribution in [2.75, 3.05) is 52.1 Å². The average Bonchev–Trinajstić information content (AvgIpc) is 2.83. The molecule has 30 heavy (non-hydrogen) atoms. The predicted octanol–water partition coefficient (Wildman–Crippen LogP) is 1.46. The number of hydrogen-bond acceptors (Lipinski definition) is 5. The molecule has 0 aliphatic carbocycles. The minimum absolute atomic E-state index is 0.189. The number of nitrogens with zero attached hydrogens (tertiary/aromatic N) is 3. The molecule has 0 bridgehead atoms. The summed E-state index contributed by atoms with van der Waals surface area (Å²) in [4.78, 5) is 28.0. The van der Waals surface area contributed by atoms with Crippen LogP contribution in [0.5, 0.6) is 0 Å². The highest BCUT2D eigenvalue weighted by Crippen LogP contribution is 2.34. The number of sulfonamides is 1. The zero-order valence-electron chi connectivity index (χ0n) is 18.0. The molecule has 9 heteroatoms. The van der Waals surface area contributed by atoms with Crippen molar-refractivity contribution in [2.45, 2.75) is 31.1 Å². The number of amides is 2. The number of carbonyl (C=O) groups excluding carboxylic acids is 2. The number of hydrogen-bond donors (Lipinski definition) is 1. The van der Waals surface area contributed by atoms with E-state index in [4.69, 9.17) is 0 Å². The molecule has 0 aromatic heterocycles. The molecule has 2 fully saturated rings. The Kier molecular flexibility index (Phi) is 7.15. The minimum atomic E-state index is -3.60. The summed E-state index contributed by atoms with van der Waals surface area (Å²) in [6, 6.07) is 6.28. The first-order chi connectivity index (χ1) is 14.2. The Morgan fingerprint density at radius 2 is 1.80 bits per heavy atom. The molecule has 2 aliphatic heterocycles. The van der Waals surface area contributed by atoms with E-state index in [2.05, 4.69) is 10.2 Å². The van der Waals surface area contributed by atoms with E-state index in [9.17, 15) is 18.0 Å². The Morgan fingerprint density at radius 1 is 1.13 bits per heavy atom. The van der Waals surface area contributed by atoms with Crippen molar-refractivity contribution in [2.24, 2.45) is 11.8 Å². The molecule has 166 valence electrons. The fourth-order valence-electron chi connectivity index (χ4n) is 4.28. The molecule has 0 spiro atoms. The zero-order valence-corrected chi connectivity index (χ0v) is 18.8. The van der Waals surface area contributed by atoms with Crippen LogP contribution in [-0.4, -0.2) is 81.2 Å². The summed E-state index contributed by atoms with van der Waals surface area (Å²) in [7, 11) is 0.384. The molecule has 3 rings (SSSR count). The number of fused-ring (bicyclic) bond motifs is 1. The van der Waals surface area contributed by atoms with Gasteiger partial charge in [-0.25, -0.2) is 8.42 Å². The second-order valence-corrected chi connectivity index (χ2v) is 10.5. The van der Waals surface area contributed by atoms with Gasteiger partial charge in [0.2, 0.25) is 21.8 Å². The van der Waals surface area contributed by atoms with Gasteiger partial charge >= 0.3 is 0 Å². The van der Waals surface area contributed by atoms with Crippen LogP contribution in [0.3, 0.4) is 0 Å². The summed E-state index contributed by atoms with van der Waals surface area (Å²) in [6.07, 6.45) is 2.05. The van der Waals surface area contributed by atoms with E-state index in [1.54, 1.807) is 16.4 Å². The summed E-state index contributed by atoms with van der Waals surface area (Å²) >= 11 is 0. The second kappa shape index (κ2) is 9.45. The maximum absolute atomic E-state index is 13.1. The molecule has 2 aliphatic rings. The average molecular weight is 437 g/mol. The summed E-state index contributed by atoms with van der Waals surface area (Å²) in [6.45, 7) is 4.53. The van der Waals surface area contributed by atoms with Crippen LogP contribution in [0.1, 0.15) is 26.2 Å². The van der Waals surface area contributed by atoms with Crippen LogP contribution in [-0.2, 0) is 19.6 Å². The van der Waals surface area contributed by atoms with Gasteiger partial charge in [0, 0.05) is 51.8 Å². The number of piperidine rings is 1. The number of likely N-dealkylation sites (tertiary alicyclic amines) is 1. The summed E-state index contributed by atoms with van der Waals surface area (Å²) < 4.78 is 27.8. The number of carbonyl (C=O) groups is 2. The third-order valence-electron chi connectivity index (χ3n) is 6.04. The number of likely N-dealkylation sites (N-methyl/N-ethyl adjacent to an activating group) is 1. The lowest BCUT2D eigenvalue weighted by Gasteiger charge is -2.36. The maximum Gasteiger partial charge on any atom is 0.243 e. The highest BCUT2D eigenvalue weighted by atomic mass is 32.2. The standard InChI is InChI=1S/C21H32N4O4S/c1-16(26)22-19-4-6-20(7-5-19)30(28,29)25-11-9-17-14-21(27)24(13-12-23(2)3)10-8-18(17)15-25/h4-7,17-18H,8-15H2,1-3H3,(H,22,26). The van der Waals surface area contributed by atoms with Crippen LogP contribution in [0.25, 0.3) is 0 Å². The van der Waals surface area contributed by atoms with E-state index in [1.165, 1.54) is 19.1 Å². The van der Waals surface area contributed by atoms with E-state index >= 15 is 0 Å². The van der Waals surface area contributed by atoms with Gasteiger partial charge in [-0.3, -0.25) is 9.59 Å². The molecule has 2 amide bonds. The van der Waals surface area contributed by atoms with Crippen LogP contribution in [0.2, 0.25) is 0 Å². The van der Waals surface area contributed by atoms with Crippen molar-refractivity contribution in [1.82, 2.24) is 14.1 Å². The van der Waals surface area contributed by atoms with Crippen molar-refractivity contribution in [1.29, 1.82) is 0 Å². The predicted molar refractivity (Wildman–Crippen MR) is 115 cm³/mol. The number of benzene rings is 1. The highest BCUT2D eigenvalue weighted by molar-refractivity contribution is 7.89. The van der Waals surface area contributed by atoms with E-state index in [0.717, 1.165) is 13.0 Å². The van der Waals surface area contributed by atoms with Gasteiger partial charge in [-0.1, -0.05) is 0 Å². The highest BCUT2D eigenvalue weighted by Gasteiger charge is 2.38. The van der Waals surface area contributed by atoms with E-state index in [0.29, 0.717) is 44.7 Å². The monoisotopic (exact) mass is 436 g/mol. The van der Waals surface area contributed by atoms with Crippen molar-refractivity contribution in [3.8, 4) is 0 Å². The molecule has 1 aromatic rings. The zero-order chi connectivity index (χ0) is 21.9. The van der Waals surface area contributed by atoms with Crippen LogP contribution >= 0.6 is 0 Å². The summed E-state index contributed by atoms with van der Waals surface area (Å²) in [5.41, 5.74) is 0.570. The normalized spacial score (nSPS) is 23.2. The van der Waals surface area contributed by atoms with Gasteiger partial charge in [-0.2, -0.15) is 4.31 Å². The molecule has 1 N–H and O–H groups in total. The molecule has 2 heterocycles. The molecule has 0 radical (unpaired) electrons.